The number of hydrogen-bond donors (Lipinski definition) is 2. The average Bonchev–Trinajstić information content (AvgIpc) is 2.91. The van der Waals surface area contributed by atoms with Crippen LogP contribution in [-0.4, -0.2) is 47.4 Å². The highest BCUT2D eigenvalue weighted by molar-refractivity contribution is 6.32. The minimum atomic E-state index is -1.01. The third kappa shape index (κ3) is 4.40. The Morgan fingerprint density at radius 3 is 2.54 bits per heavy atom. The van der Waals surface area contributed by atoms with Crippen LogP contribution in [0, 0.1) is 11.3 Å². The third-order valence-corrected chi connectivity index (χ3v) is 4.79. The third-order valence-electron chi connectivity index (χ3n) is 4.48. The molecule has 1 heterocycles. The van der Waals surface area contributed by atoms with E-state index in [9.17, 15) is 19.2 Å². The molecule has 1 aliphatic rings. The number of imide groups is 1. The van der Waals surface area contributed by atoms with Gasteiger partial charge in [0.1, 0.15) is 18.2 Å². The Kier molecular flexibility index (Phi) is 6.59. The van der Waals surface area contributed by atoms with Crippen LogP contribution in [0.15, 0.2) is 18.2 Å². The van der Waals surface area contributed by atoms with Gasteiger partial charge in [0.05, 0.1) is 10.6 Å². The smallest absolute Gasteiger partial charge is 0.326 e. The molecule has 0 atom stereocenters. The Bertz CT molecular complexity index is 860. The second-order valence-electron chi connectivity index (χ2n) is 6.13. The first-order valence-electron chi connectivity index (χ1n) is 8.55. The SMILES string of the molecule is CCC1(CC)NC(=O)N(CC(=O)OCC(=O)Nc2ccc(C#N)c(Cl)c2)C1=O. The summed E-state index contributed by atoms with van der Waals surface area (Å²) in [6, 6.07) is 5.54. The summed E-state index contributed by atoms with van der Waals surface area (Å²) in [6.07, 6.45) is 0.796. The number of carbonyl (C=O) groups excluding carboxylic acids is 4. The van der Waals surface area contributed by atoms with Gasteiger partial charge in [0.25, 0.3) is 11.8 Å². The first kappa shape index (κ1) is 21.2. The lowest BCUT2D eigenvalue weighted by atomic mass is 9.93. The number of carbonyl (C=O) groups is 4. The Balaban J connectivity index is 1.88. The Morgan fingerprint density at radius 2 is 2.00 bits per heavy atom. The van der Waals surface area contributed by atoms with Crippen LogP contribution in [-0.2, 0) is 19.1 Å². The van der Waals surface area contributed by atoms with Gasteiger partial charge in [0, 0.05) is 5.69 Å². The molecule has 1 aliphatic heterocycles. The number of benzene rings is 1. The highest BCUT2D eigenvalue weighted by Crippen LogP contribution is 2.24. The molecule has 0 spiro atoms. The summed E-state index contributed by atoms with van der Waals surface area (Å²) in [7, 11) is 0. The predicted octanol–water partition coefficient (Wildman–Crippen LogP) is 1.80. The molecule has 28 heavy (non-hydrogen) atoms. The fourth-order valence-corrected chi connectivity index (χ4v) is 2.97. The van der Waals surface area contributed by atoms with Crippen molar-refractivity contribution in [2.24, 2.45) is 0 Å². The van der Waals surface area contributed by atoms with Crippen LogP contribution in [0.25, 0.3) is 0 Å². The summed E-state index contributed by atoms with van der Waals surface area (Å²) >= 11 is 5.88. The Labute approximate surface area is 166 Å². The minimum absolute atomic E-state index is 0.172. The maximum atomic E-state index is 12.4. The van der Waals surface area contributed by atoms with E-state index in [1.807, 2.05) is 6.07 Å². The summed E-state index contributed by atoms with van der Waals surface area (Å²) in [5.41, 5.74) is -0.423. The van der Waals surface area contributed by atoms with E-state index in [0.717, 1.165) is 4.90 Å². The topological polar surface area (TPSA) is 129 Å². The van der Waals surface area contributed by atoms with Crippen molar-refractivity contribution in [2.45, 2.75) is 32.2 Å². The van der Waals surface area contributed by atoms with Gasteiger partial charge in [-0.15, -0.1) is 0 Å². The highest BCUT2D eigenvalue weighted by atomic mass is 35.5. The van der Waals surface area contributed by atoms with Gasteiger partial charge in [-0.2, -0.15) is 5.26 Å². The number of rotatable bonds is 7. The zero-order chi connectivity index (χ0) is 20.9. The van der Waals surface area contributed by atoms with Crippen molar-refractivity contribution < 1.29 is 23.9 Å². The molecule has 0 bridgehead atoms. The van der Waals surface area contributed by atoms with E-state index < -0.39 is 42.5 Å². The maximum absolute atomic E-state index is 12.4. The molecule has 2 N–H and O–H groups in total. The molecule has 0 aromatic heterocycles. The normalized spacial score (nSPS) is 15.0. The zero-order valence-electron chi connectivity index (χ0n) is 15.4. The van der Waals surface area contributed by atoms with Crippen LogP contribution in [0.3, 0.4) is 0 Å². The number of nitrogens with one attached hydrogen (secondary N) is 2. The molecule has 0 saturated carbocycles. The molecule has 2 rings (SSSR count). The van der Waals surface area contributed by atoms with E-state index in [2.05, 4.69) is 10.6 Å². The average molecular weight is 407 g/mol. The van der Waals surface area contributed by atoms with Gasteiger partial charge < -0.3 is 15.4 Å². The monoisotopic (exact) mass is 406 g/mol. The number of nitrogens with zero attached hydrogens (tertiary/aromatic N) is 2. The molecule has 10 heteroatoms. The van der Waals surface area contributed by atoms with Gasteiger partial charge in [0.15, 0.2) is 6.61 Å². The largest absolute Gasteiger partial charge is 0.454 e. The maximum Gasteiger partial charge on any atom is 0.326 e. The number of hydrogen-bond acceptors (Lipinski definition) is 6. The standard InChI is InChI=1S/C18H19ClN4O5/c1-3-18(4-2)16(26)23(17(27)22-18)9-15(25)28-10-14(24)21-12-6-5-11(8-20)13(19)7-12/h5-7H,3-4,9-10H2,1-2H3,(H,21,24)(H,22,27). The lowest BCUT2D eigenvalue weighted by Gasteiger charge is -2.22. The highest BCUT2D eigenvalue weighted by Gasteiger charge is 2.49. The van der Waals surface area contributed by atoms with Gasteiger partial charge in [-0.3, -0.25) is 19.3 Å². The van der Waals surface area contributed by atoms with Gasteiger partial charge >= 0.3 is 12.0 Å². The van der Waals surface area contributed by atoms with Crippen molar-refractivity contribution in [3.63, 3.8) is 0 Å². The molecule has 1 fully saturated rings. The number of ether oxygens (including phenoxy) is 1. The Hall–Kier alpha value is -3.12. The first-order valence-corrected chi connectivity index (χ1v) is 8.93. The number of esters is 1. The van der Waals surface area contributed by atoms with E-state index >= 15 is 0 Å². The van der Waals surface area contributed by atoms with Gasteiger partial charge in [-0.05, 0) is 31.0 Å². The minimum Gasteiger partial charge on any atom is -0.454 e. The number of nitriles is 1. The molecule has 1 saturated heterocycles. The first-order chi connectivity index (χ1) is 13.3. The number of urea groups is 1. The zero-order valence-corrected chi connectivity index (χ0v) is 16.1. The van der Waals surface area contributed by atoms with Crippen LogP contribution >= 0.6 is 11.6 Å². The summed E-state index contributed by atoms with van der Waals surface area (Å²) in [4.78, 5) is 49.0. The number of halogens is 1. The lowest BCUT2D eigenvalue weighted by Crippen LogP contribution is -2.46. The van der Waals surface area contributed by atoms with Gasteiger partial charge in [-0.25, -0.2) is 4.79 Å². The van der Waals surface area contributed by atoms with E-state index in [1.165, 1.54) is 18.2 Å². The predicted molar refractivity (Wildman–Crippen MR) is 99.3 cm³/mol. The van der Waals surface area contributed by atoms with Crippen LogP contribution in [0.5, 0.6) is 0 Å². The van der Waals surface area contributed by atoms with Crippen molar-refractivity contribution in [3.8, 4) is 6.07 Å². The molecular formula is C18H19ClN4O5. The van der Waals surface area contributed by atoms with E-state index in [4.69, 9.17) is 21.6 Å². The second kappa shape index (κ2) is 8.71. The molecule has 0 unspecified atom stereocenters. The molecule has 0 radical (unpaired) electrons. The quantitative estimate of drug-likeness (QED) is 0.524. The fraction of sp³-hybridized carbons (Fsp3) is 0.389. The summed E-state index contributed by atoms with van der Waals surface area (Å²) in [5, 5.41) is 14.1. The lowest BCUT2D eigenvalue weighted by molar-refractivity contribution is -0.150. The van der Waals surface area contributed by atoms with Crippen LogP contribution in [0.1, 0.15) is 32.3 Å². The van der Waals surface area contributed by atoms with Crippen molar-refractivity contribution >= 4 is 41.1 Å². The number of amides is 4. The summed E-state index contributed by atoms with van der Waals surface area (Å²) < 4.78 is 4.84. The Morgan fingerprint density at radius 1 is 1.32 bits per heavy atom. The van der Waals surface area contributed by atoms with Gasteiger partial charge in [-0.1, -0.05) is 25.4 Å². The molecule has 148 valence electrons. The van der Waals surface area contributed by atoms with Crippen molar-refractivity contribution in [3.05, 3.63) is 28.8 Å². The van der Waals surface area contributed by atoms with E-state index in [-0.39, 0.29) is 10.6 Å². The summed E-state index contributed by atoms with van der Waals surface area (Å²) in [6.45, 7) is 2.35. The molecule has 1 aromatic rings. The van der Waals surface area contributed by atoms with Gasteiger partial charge in [0.2, 0.25) is 0 Å². The molecule has 4 amide bonds. The van der Waals surface area contributed by atoms with Crippen molar-refractivity contribution in [1.82, 2.24) is 10.2 Å². The van der Waals surface area contributed by atoms with Crippen molar-refractivity contribution in [2.75, 3.05) is 18.5 Å². The van der Waals surface area contributed by atoms with Crippen molar-refractivity contribution in [1.29, 1.82) is 5.26 Å². The summed E-state index contributed by atoms with van der Waals surface area (Å²) in [5.74, 6) is -2.02. The van der Waals surface area contributed by atoms with Crippen LogP contribution in [0.4, 0.5) is 10.5 Å². The molecule has 1 aromatic carbocycles. The molecule has 0 aliphatic carbocycles. The molecular weight excluding hydrogens is 388 g/mol. The van der Waals surface area contributed by atoms with Crippen LogP contribution in [0.2, 0.25) is 5.02 Å². The number of anilines is 1. The van der Waals surface area contributed by atoms with Crippen LogP contribution < -0.4 is 10.6 Å². The van der Waals surface area contributed by atoms with E-state index in [1.54, 1.807) is 13.8 Å². The van der Waals surface area contributed by atoms with E-state index in [0.29, 0.717) is 18.5 Å². The fourth-order valence-electron chi connectivity index (χ4n) is 2.75. The molecule has 9 nitrogen and oxygen atoms in total. The second-order valence-corrected chi connectivity index (χ2v) is 6.53.